The maximum Gasteiger partial charge on any atom is 0.0693 e. The molecule has 0 amide bonds. The summed E-state index contributed by atoms with van der Waals surface area (Å²) in [5.74, 6) is 1.36. The van der Waals surface area contributed by atoms with E-state index in [4.69, 9.17) is 5.26 Å². The normalized spacial score (nSPS) is 40.1. The monoisotopic (exact) mass is 188 g/mol. The second-order valence-electron chi connectivity index (χ2n) is 4.85. The maximum atomic E-state index is 9.33. The van der Waals surface area contributed by atoms with Gasteiger partial charge >= 0.3 is 0 Å². The van der Waals surface area contributed by atoms with Crippen molar-refractivity contribution in [2.45, 2.75) is 44.9 Å². The van der Waals surface area contributed by atoms with Gasteiger partial charge in [0.25, 0.3) is 0 Å². The van der Waals surface area contributed by atoms with E-state index in [-0.39, 0.29) is 5.41 Å². The number of hydrogen-bond acceptors (Lipinski definition) is 2. The van der Waals surface area contributed by atoms with Crippen LogP contribution in [0.15, 0.2) is 0 Å². The first-order chi connectivity index (χ1) is 6.80. The number of nitrogens with zero attached hydrogens (tertiary/aromatic N) is 2. The molecular weight excluding hydrogens is 172 g/mol. The van der Waals surface area contributed by atoms with E-state index in [9.17, 15) is 5.26 Å². The number of rotatable bonds is 2. The fourth-order valence-electron chi connectivity index (χ4n) is 3.38. The average molecular weight is 188 g/mol. The lowest BCUT2D eigenvalue weighted by Gasteiger charge is -2.47. The molecule has 0 heterocycles. The molecule has 0 aromatic heterocycles. The molecule has 3 rings (SSSR count). The molecule has 0 spiro atoms. The second kappa shape index (κ2) is 3.62. The van der Waals surface area contributed by atoms with E-state index >= 15 is 0 Å². The summed E-state index contributed by atoms with van der Waals surface area (Å²) in [7, 11) is 0. The molecule has 0 radical (unpaired) electrons. The van der Waals surface area contributed by atoms with Gasteiger partial charge in [0.05, 0.1) is 17.6 Å². The van der Waals surface area contributed by atoms with Crippen molar-refractivity contribution in [1.82, 2.24) is 0 Å². The molecule has 3 aliphatic rings. The predicted octanol–water partition coefficient (Wildman–Crippen LogP) is 3.01. The summed E-state index contributed by atoms with van der Waals surface area (Å²) >= 11 is 0. The van der Waals surface area contributed by atoms with Crippen LogP contribution in [0.25, 0.3) is 0 Å². The summed E-state index contributed by atoms with van der Waals surface area (Å²) in [4.78, 5) is 0. The summed E-state index contributed by atoms with van der Waals surface area (Å²) < 4.78 is 0. The highest BCUT2D eigenvalue weighted by atomic mass is 14.5. The van der Waals surface area contributed by atoms with Gasteiger partial charge in [-0.1, -0.05) is 12.8 Å². The third-order valence-corrected chi connectivity index (χ3v) is 4.19. The minimum atomic E-state index is -0.128. The Morgan fingerprint density at radius 1 is 1.14 bits per heavy atom. The molecule has 2 heteroatoms. The van der Waals surface area contributed by atoms with Gasteiger partial charge in [0.15, 0.2) is 0 Å². The van der Waals surface area contributed by atoms with Gasteiger partial charge < -0.3 is 0 Å². The summed E-state index contributed by atoms with van der Waals surface area (Å²) in [6.45, 7) is 0. The highest BCUT2D eigenvalue weighted by Gasteiger charge is 2.47. The van der Waals surface area contributed by atoms with Crippen LogP contribution >= 0.6 is 0 Å². The SMILES string of the molecule is N#CCCC1(C#N)CC2CCC1CC2. The van der Waals surface area contributed by atoms with E-state index in [1.165, 1.54) is 25.7 Å². The molecule has 1 atom stereocenters. The van der Waals surface area contributed by atoms with Crippen molar-refractivity contribution in [3.05, 3.63) is 0 Å². The van der Waals surface area contributed by atoms with Gasteiger partial charge in [-0.05, 0) is 37.5 Å². The van der Waals surface area contributed by atoms with Crippen molar-refractivity contribution >= 4 is 0 Å². The Kier molecular flexibility index (Phi) is 2.46. The maximum absolute atomic E-state index is 9.33. The first kappa shape index (κ1) is 9.53. The quantitative estimate of drug-likeness (QED) is 0.668. The highest BCUT2D eigenvalue weighted by Crippen LogP contribution is 2.54. The molecule has 3 fully saturated rings. The van der Waals surface area contributed by atoms with E-state index in [1.54, 1.807) is 0 Å². The third-order valence-electron chi connectivity index (χ3n) is 4.19. The van der Waals surface area contributed by atoms with Gasteiger partial charge in [-0.3, -0.25) is 0 Å². The number of fused-ring (bicyclic) bond motifs is 3. The molecule has 0 saturated heterocycles. The Balaban J connectivity index is 2.13. The first-order valence-electron chi connectivity index (χ1n) is 5.59. The van der Waals surface area contributed by atoms with Crippen molar-refractivity contribution in [2.75, 3.05) is 0 Å². The highest BCUT2D eigenvalue weighted by molar-refractivity contribution is 5.09. The molecule has 1 unspecified atom stereocenters. The Labute approximate surface area is 85.5 Å². The first-order valence-corrected chi connectivity index (χ1v) is 5.59. The third kappa shape index (κ3) is 1.40. The fraction of sp³-hybridized carbons (Fsp3) is 0.833. The average Bonchev–Trinajstić information content (AvgIpc) is 2.28. The van der Waals surface area contributed by atoms with Crippen molar-refractivity contribution in [2.24, 2.45) is 17.3 Å². The minimum Gasteiger partial charge on any atom is -0.198 e. The molecular formula is C12H16N2. The second-order valence-corrected chi connectivity index (χ2v) is 4.85. The summed E-state index contributed by atoms with van der Waals surface area (Å²) in [6, 6.07) is 4.72. The van der Waals surface area contributed by atoms with Crippen LogP contribution in [0.5, 0.6) is 0 Å². The summed E-state index contributed by atoms with van der Waals surface area (Å²) in [6.07, 6.45) is 7.52. The van der Waals surface area contributed by atoms with Gasteiger partial charge in [0.1, 0.15) is 0 Å². The molecule has 0 aromatic carbocycles. The van der Waals surface area contributed by atoms with Crippen molar-refractivity contribution in [3.63, 3.8) is 0 Å². The Morgan fingerprint density at radius 2 is 1.86 bits per heavy atom. The minimum absolute atomic E-state index is 0.128. The topological polar surface area (TPSA) is 47.6 Å². The molecule has 3 aliphatic carbocycles. The molecule has 3 saturated carbocycles. The van der Waals surface area contributed by atoms with Gasteiger partial charge in [0, 0.05) is 6.42 Å². The number of nitriles is 2. The van der Waals surface area contributed by atoms with Crippen molar-refractivity contribution in [1.29, 1.82) is 10.5 Å². The van der Waals surface area contributed by atoms with E-state index in [2.05, 4.69) is 12.1 Å². The summed E-state index contributed by atoms with van der Waals surface area (Å²) in [5.41, 5.74) is -0.128. The van der Waals surface area contributed by atoms with Crippen LogP contribution in [-0.4, -0.2) is 0 Å². The molecule has 2 bridgehead atoms. The van der Waals surface area contributed by atoms with Crippen LogP contribution in [0.4, 0.5) is 0 Å². The van der Waals surface area contributed by atoms with Crippen molar-refractivity contribution in [3.8, 4) is 12.1 Å². The van der Waals surface area contributed by atoms with Crippen LogP contribution in [0.3, 0.4) is 0 Å². The summed E-state index contributed by atoms with van der Waals surface area (Å²) in [5, 5.41) is 17.9. The number of hydrogen-bond donors (Lipinski definition) is 0. The smallest absolute Gasteiger partial charge is 0.0693 e. The van der Waals surface area contributed by atoms with Crippen molar-refractivity contribution < 1.29 is 0 Å². The van der Waals surface area contributed by atoms with Crippen LogP contribution < -0.4 is 0 Å². The Morgan fingerprint density at radius 3 is 2.29 bits per heavy atom. The fourth-order valence-corrected chi connectivity index (χ4v) is 3.38. The van der Waals surface area contributed by atoms with E-state index < -0.39 is 0 Å². The lowest BCUT2D eigenvalue weighted by molar-refractivity contribution is 0.0401. The van der Waals surface area contributed by atoms with Crippen LogP contribution in [0.2, 0.25) is 0 Å². The van der Waals surface area contributed by atoms with Crippen LogP contribution in [-0.2, 0) is 0 Å². The largest absolute Gasteiger partial charge is 0.198 e. The Hall–Kier alpha value is -1.02. The van der Waals surface area contributed by atoms with E-state index in [0.717, 1.165) is 18.8 Å². The molecule has 0 aromatic rings. The van der Waals surface area contributed by atoms with Gasteiger partial charge in [-0.15, -0.1) is 0 Å². The lowest BCUT2D eigenvalue weighted by Crippen LogP contribution is -2.40. The molecule has 2 nitrogen and oxygen atoms in total. The van der Waals surface area contributed by atoms with E-state index in [0.29, 0.717) is 12.3 Å². The zero-order valence-corrected chi connectivity index (χ0v) is 8.50. The standard InChI is InChI=1S/C12H16N2/c13-7-1-6-12(9-14)8-10-2-4-11(12)5-3-10/h10-11H,1-6,8H2. The van der Waals surface area contributed by atoms with E-state index in [1.807, 2.05) is 0 Å². The Bertz CT molecular complexity index is 288. The van der Waals surface area contributed by atoms with Gasteiger partial charge in [0.2, 0.25) is 0 Å². The molecule has 74 valence electrons. The van der Waals surface area contributed by atoms with Crippen LogP contribution in [0.1, 0.15) is 44.9 Å². The lowest BCUT2D eigenvalue weighted by atomic mass is 9.55. The predicted molar refractivity (Wildman–Crippen MR) is 53.0 cm³/mol. The van der Waals surface area contributed by atoms with Gasteiger partial charge in [-0.2, -0.15) is 10.5 Å². The zero-order valence-electron chi connectivity index (χ0n) is 8.50. The molecule has 14 heavy (non-hydrogen) atoms. The molecule has 0 aliphatic heterocycles. The van der Waals surface area contributed by atoms with Gasteiger partial charge in [-0.25, -0.2) is 0 Å². The van der Waals surface area contributed by atoms with Crippen LogP contribution in [0, 0.1) is 39.9 Å². The zero-order chi connectivity index (χ0) is 10.0. The molecule has 0 N–H and O–H groups in total.